The number of unbranched alkanes of at least 4 members (excludes halogenated alkanes) is 3. The Kier molecular flexibility index (Phi) is 7.05. The number of carboxylic acid groups (broad SMARTS) is 1. The molecule has 0 fully saturated rings. The van der Waals surface area contributed by atoms with Crippen LogP contribution in [0.2, 0.25) is 0 Å². The lowest BCUT2D eigenvalue weighted by atomic mass is 10.1. The number of aromatic nitrogens is 1. The standard InChI is InChI=1S/C16H25NO3/c1-4-6-7-8-9-12(3)20-15-11-13(16(18)19)10-14(5-2)17-15/h10-12H,4-9H2,1-3H3,(H,18,19). The average molecular weight is 279 g/mol. The van der Waals surface area contributed by atoms with Crippen LogP contribution in [0.4, 0.5) is 0 Å². The Morgan fingerprint density at radius 1 is 1.30 bits per heavy atom. The molecule has 0 saturated carbocycles. The first-order valence-electron chi connectivity index (χ1n) is 7.47. The zero-order valence-corrected chi connectivity index (χ0v) is 12.7. The molecular formula is C16H25NO3. The molecule has 1 aromatic rings. The number of aryl methyl sites for hydroxylation is 1. The molecule has 4 heteroatoms. The molecule has 0 radical (unpaired) electrons. The monoisotopic (exact) mass is 279 g/mol. The Morgan fingerprint density at radius 2 is 2.05 bits per heavy atom. The van der Waals surface area contributed by atoms with Crippen molar-refractivity contribution in [1.82, 2.24) is 4.98 Å². The Labute approximate surface area is 121 Å². The van der Waals surface area contributed by atoms with Gasteiger partial charge < -0.3 is 9.84 Å². The van der Waals surface area contributed by atoms with Crippen molar-refractivity contribution in [3.63, 3.8) is 0 Å². The molecule has 112 valence electrons. The summed E-state index contributed by atoms with van der Waals surface area (Å²) >= 11 is 0. The minimum Gasteiger partial charge on any atom is -0.478 e. The van der Waals surface area contributed by atoms with Crippen LogP contribution in [-0.4, -0.2) is 22.2 Å². The maximum atomic E-state index is 11.1. The van der Waals surface area contributed by atoms with Gasteiger partial charge in [0.2, 0.25) is 5.88 Å². The van der Waals surface area contributed by atoms with Crippen LogP contribution in [0.3, 0.4) is 0 Å². The van der Waals surface area contributed by atoms with Crippen molar-refractivity contribution in [2.45, 2.75) is 65.4 Å². The van der Waals surface area contributed by atoms with Crippen LogP contribution < -0.4 is 4.74 Å². The summed E-state index contributed by atoms with van der Waals surface area (Å²) in [6, 6.07) is 3.10. The highest BCUT2D eigenvalue weighted by atomic mass is 16.5. The molecule has 0 saturated heterocycles. The van der Waals surface area contributed by atoms with Crippen LogP contribution in [0.1, 0.15) is 68.9 Å². The van der Waals surface area contributed by atoms with Gasteiger partial charge in [-0.05, 0) is 32.3 Å². The van der Waals surface area contributed by atoms with Gasteiger partial charge in [0.1, 0.15) is 0 Å². The second-order valence-corrected chi connectivity index (χ2v) is 5.12. The third kappa shape index (κ3) is 5.59. The summed E-state index contributed by atoms with van der Waals surface area (Å²) < 4.78 is 5.75. The molecule has 1 aromatic heterocycles. The van der Waals surface area contributed by atoms with Gasteiger partial charge in [0.05, 0.1) is 11.7 Å². The van der Waals surface area contributed by atoms with Gasteiger partial charge in [0.25, 0.3) is 0 Å². The highest BCUT2D eigenvalue weighted by Gasteiger charge is 2.11. The number of hydrogen-bond donors (Lipinski definition) is 1. The summed E-state index contributed by atoms with van der Waals surface area (Å²) in [5.74, 6) is -0.521. The highest BCUT2D eigenvalue weighted by molar-refractivity contribution is 5.88. The van der Waals surface area contributed by atoms with Gasteiger partial charge >= 0.3 is 5.97 Å². The summed E-state index contributed by atoms with van der Waals surface area (Å²) in [4.78, 5) is 15.4. The number of carbonyl (C=O) groups is 1. The number of nitrogens with zero attached hydrogens (tertiary/aromatic N) is 1. The molecule has 0 aliphatic carbocycles. The van der Waals surface area contributed by atoms with Gasteiger partial charge in [-0.3, -0.25) is 0 Å². The van der Waals surface area contributed by atoms with Gasteiger partial charge in [-0.15, -0.1) is 0 Å². The molecule has 1 rings (SSSR count). The number of aromatic carboxylic acids is 1. The van der Waals surface area contributed by atoms with Gasteiger partial charge in [-0.1, -0.05) is 33.1 Å². The molecule has 0 bridgehead atoms. The van der Waals surface area contributed by atoms with E-state index in [1.165, 1.54) is 25.3 Å². The number of ether oxygens (including phenoxy) is 1. The van der Waals surface area contributed by atoms with E-state index in [1.54, 1.807) is 6.07 Å². The van der Waals surface area contributed by atoms with Crippen LogP contribution in [-0.2, 0) is 6.42 Å². The van der Waals surface area contributed by atoms with Crippen molar-refractivity contribution in [2.75, 3.05) is 0 Å². The summed E-state index contributed by atoms with van der Waals surface area (Å²) in [7, 11) is 0. The normalized spacial score (nSPS) is 12.2. The first-order chi connectivity index (χ1) is 9.56. The minimum atomic E-state index is -0.942. The van der Waals surface area contributed by atoms with Crippen molar-refractivity contribution in [1.29, 1.82) is 0 Å². The van der Waals surface area contributed by atoms with Gasteiger partial charge in [0, 0.05) is 11.8 Å². The van der Waals surface area contributed by atoms with E-state index < -0.39 is 5.97 Å². The Bertz CT molecular complexity index is 432. The molecule has 20 heavy (non-hydrogen) atoms. The molecule has 4 nitrogen and oxygen atoms in total. The van der Waals surface area contributed by atoms with Crippen LogP contribution in [0, 0.1) is 0 Å². The summed E-state index contributed by atoms with van der Waals surface area (Å²) in [6.07, 6.45) is 6.55. The quantitative estimate of drug-likeness (QED) is 0.692. The SMILES string of the molecule is CCCCCCC(C)Oc1cc(C(=O)O)cc(CC)n1. The molecule has 1 atom stereocenters. The van der Waals surface area contributed by atoms with Crippen molar-refractivity contribution in [2.24, 2.45) is 0 Å². The first kappa shape index (κ1) is 16.5. The Hall–Kier alpha value is -1.58. The molecule has 0 aliphatic heterocycles. The second-order valence-electron chi connectivity index (χ2n) is 5.12. The maximum absolute atomic E-state index is 11.1. The fourth-order valence-electron chi connectivity index (χ4n) is 2.05. The average Bonchev–Trinajstić information content (AvgIpc) is 2.43. The lowest BCUT2D eigenvalue weighted by molar-refractivity contribution is 0.0695. The zero-order chi connectivity index (χ0) is 15.0. The molecule has 1 N–H and O–H groups in total. The summed E-state index contributed by atoms with van der Waals surface area (Å²) in [6.45, 7) is 6.14. The Morgan fingerprint density at radius 3 is 2.65 bits per heavy atom. The van der Waals surface area contributed by atoms with Crippen molar-refractivity contribution < 1.29 is 14.6 Å². The molecule has 0 aliphatic rings. The Balaban J connectivity index is 2.61. The molecule has 1 heterocycles. The highest BCUT2D eigenvalue weighted by Crippen LogP contribution is 2.17. The second kappa shape index (κ2) is 8.56. The summed E-state index contributed by atoms with van der Waals surface area (Å²) in [5, 5.41) is 9.08. The van der Waals surface area contributed by atoms with Gasteiger partial charge in [-0.2, -0.15) is 0 Å². The van der Waals surface area contributed by atoms with E-state index in [1.807, 2.05) is 13.8 Å². The van der Waals surface area contributed by atoms with Crippen LogP contribution in [0.5, 0.6) is 5.88 Å². The van der Waals surface area contributed by atoms with E-state index in [2.05, 4.69) is 11.9 Å². The van der Waals surface area contributed by atoms with E-state index >= 15 is 0 Å². The van der Waals surface area contributed by atoms with Gasteiger partial charge in [-0.25, -0.2) is 9.78 Å². The van der Waals surface area contributed by atoms with E-state index in [-0.39, 0.29) is 11.7 Å². The molecular weight excluding hydrogens is 254 g/mol. The van der Waals surface area contributed by atoms with E-state index in [9.17, 15) is 4.79 Å². The molecule has 0 aromatic carbocycles. The maximum Gasteiger partial charge on any atom is 0.335 e. The fourth-order valence-corrected chi connectivity index (χ4v) is 2.05. The fraction of sp³-hybridized carbons (Fsp3) is 0.625. The van der Waals surface area contributed by atoms with E-state index in [0.29, 0.717) is 12.3 Å². The summed E-state index contributed by atoms with van der Waals surface area (Å²) in [5.41, 5.74) is 0.989. The number of pyridine rings is 1. The van der Waals surface area contributed by atoms with Crippen molar-refractivity contribution in [3.05, 3.63) is 23.4 Å². The number of carboxylic acids is 1. The first-order valence-corrected chi connectivity index (χ1v) is 7.47. The van der Waals surface area contributed by atoms with E-state index in [0.717, 1.165) is 18.5 Å². The smallest absolute Gasteiger partial charge is 0.335 e. The largest absolute Gasteiger partial charge is 0.478 e. The number of rotatable bonds is 9. The third-order valence-corrected chi connectivity index (χ3v) is 3.25. The van der Waals surface area contributed by atoms with Gasteiger partial charge in [0.15, 0.2) is 0 Å². The topological polar surface area (TPSA) is 59.4 Å². The number of hydrogen-bond acceptors (Lipinski definition) is 3. The van der Waals surface area contributed by atoms with Crippen molar-refractivity contribution >= 4 is 5.97 Å². The predicted octanol–water partition coefficient (Wildman–Crippen LogP) is 4.08. The van der Waals surface area contributed by atoms with E-state index in [4.69, 9.17) is 9.84 Å². The molecule has 0 amide bonds. The molecule has 0 spiro atoms. The molecule has 1 unspecified atom stereocenters. The lowest BCUT2D eigenvalue weighted by Crippen LogP contribution is -2.13. The van der Waals surface area contributed by atoms with Crippen LogP contribution >= 0.6 is 0 Å². The predicted molar refractivity (Wildman–Crippen MR) is 79.4 cm³/mol. The van der Waals surface area contributed by atoms with Crippen molar-refractivity contribution in [3.8, 4) is 5.88 Å². The van der Waals surface area contributed by atoms with Crippen LogP contribution in [0.15, 0.2) is 12.1 Å². The third-order valence-electron chi connectivity index (χ3n) is 3.25. The minimum absolute atomic E-state index is 0.0631. The zero-order valence-electron chi connectivity index (χ0n) is 12.7. The lowest BCUT2D eigenvalue weighted by Gasteiger charge is -2.15. The van der Waals surface area contributed by atoms with Crippen LogP contribution in [0.25, 0.3) is 0 Å².